The molecule has 4 heteroatoms. The van der Waals surface area contributed by atoms with E-state index in [1.165, 1.54) is 12.1 Å². The Bertz CT molecular complexity index is 1020. The lowest BCUT2D eigenvalue weighted by molar-refractivity contribution is 0.577. The lowest BCUT2D eigenvalue weighted by atomic mass is 10.2. The fourth-order valence-electron chi connectivity index (χ4n) is 2.36. The number of aromatic nitrogens is 2. The SMILES string of the molecule is Fc1ccc(C#Cn2c(-c3ccco3)nc3ccccc32)cc1. The second-order valence-electron chi connectivity index (χ2n) is 4.98. The van der Waals surface area contributed by atoms with Gasteiger partial charge in [-0.3, -0.25) is 0 Å². The quantitative estimate of drug-likeness (QED) is 0.491. The molecule has 0 aliphatic carbocycles. The van der Waals surface area contributed by atoms with Gasteiger partial charge in [-0.1, -0.05) is 12.1 Å². The van der Waals surface area contributed by atoms with Gasteiger partial charge < -0.3 is 4.42 Å². The molecule has 0 spiro atoms. The van der Waals surface area contributed by atoms with Crippen LogP contribution in [0.15, 0.2) is 71.3 Å². The van der Waals surface area contributed by atoms with Gasteiger partial charge in [0, 0.05) is 11.6 Å². The molecule has 110 valence electrons. The summed E-state index contributed by atoms with van der Waals surface area (Å²) in [5.41, 5.74) is 2.47. The van der Waals surface area contributed by atoms with Crippen molar-refractivity contribution in [3.05, 3.63) is 78.3 Å². The van der Waals surface area contributed by atoms with Crippen molar-refractivity contribution >= 4 is 11.0 Å². The average molecular weight is 302 g/mol. The van der Waals surface area contributed by atoms with Gasteiger partial charge in [0.25, 0.3) is 0 Å². The van der Waals surface area contributed by atoms with E-state index in [-0.39, 0.29) is 5.82 Å². The van der Waals surface area contributed by atoms with Crippen molar-refractivity contribution in [2.45, 2.75) is 0 Å². The van der Waals surface area contributed by atoms with E-state index in [2.05, 4.69) is 16.9 Å². The Morgan fingerprint density at radius 2 is 1.78 bits per heavy atom. The summed E-state index contributed by atoms with van der Waals surface area (Å²) in [6.45, 7) is 0. The maximum absolute atomic E-state index is 13.0. The second kappa shape index (κ2) is 5.47. The van der Waals surface area contributed by atoms with Crippen LogP contribution in [0.1, 0.15) is 5.56 Å². The molecule has 0 amide bonds. The molecule has 0 saturated heterocycles. The van der Waals surface area contributed by atoms with Gasteiger partial charge in [0.2, 0.25) is 0 Å². The van der Waals surface area contributed by atoms with Gasteiger partial charge in [0.15, 0.2) is 11.6 Å². The van der Waals surface area contributed by atoms with Crippen molar-refractivity contribution < 1.29 is 8.81 Å². The van der Waals surface area contributed by atoms with Gasteiger partial charge in [-0.25, -0.2) is 13.9 Å². The van der Waals surface area contributed by atoms with Crippen LogP contribution in [0.25, 0.3) is 22.6 Å². The zero-order chi connectivity index (χ0) is 15.6. The lowest BCUT2D eigenvalue weighted by Gasteiger charge is -1.98. The highest BCUT2D eigenvalue weighted by atomic mass is 19.1. The van der Waals surface area contributed by atoms with Crippen LogP contribution in [-0.4, -0.2) is 9.55 Å². The summed E-state index contributed by atoms with van der Waals surface area (Å²) in [6.07, 6.45) is 1.60. The van der Waals surface area contributed by atoms with E-state index in [1.807, 2.05) is 36.4 Å². The van der Waals surface area contributed by atoms with E-state index >= 15 is 0 Å². The summed E-state index contributed by atoms with van der Waals surface area (Å²) < 4.78 is 20.2. The number of hydrogen-bond donors (Lipinski definition) is 0. The first-order chi connectivity index (χ1) is 11.3. The molecule has 0 saturated carbocycles. The van der Waals surface area contributed by atoms with Crippen molar-refractivity contribution in [2.75, 3.05) is 0 Å². The molecular weight excluding hydrogens is 291 g/mol. The van der Waals surface area contributed by atoms with Crippen LogP contribution in [0.4, 0.5) is 4.39 Å². The molecule has 0 bridgehead atoms. The summed E-state index contributed by atoms with van der Waals surface area (Å²) in [6, 6.07) is 20.6. The first kappa shape index (κ1) is 13.4. The van der Waals surface area contributed by atoms with Crippen molar-refractivity contribution in [3.8, 4) is 23.5 Å². The monoisotopic (exact) mass is 302 g/mol. The topological polar surface area (TPSA) is 31.0 Å². The minimum atomic E-state index is -0.278. The number of fused-ring (bicyclic) bond motifs is 1. The number of hydrogen-bond acceptors (Lipinski definition) is 2. The molecule has 0 radical (unpaired) electrons. The Morgan fingerprint density at radius 3 is 2.57 bits per heavy atom. The van der Waals surface area contributed by atoms with E-state index < -0.39 is 0 Å². The number of benzene rings is 2. The number of furan rings is 1. The van der Waals surface area contributed by atoms with Crippen LogP contribution in [0, 0.1) is 17.8 Å². The zero-order valence-electron chi connectivity index (χ0n) is 12.0. The molecule has 0 unspecified atom stereocenters. The predicted octanol–water partition coefficient (Wildman–Crippen LogP) is 4.29. The van der Waals surface area contributed by atoms with Crippen molar-refractivity contribution in [2.24, 2.45) is 0 Å². The molecule has 4 rings (SSSR count). The molecule has 23 heavy (non-hydrogen) atoms. The van der Waals surface area contributed by atoms with Gasteiger partial charge in [-0.15, -0.1) is 0 Å². The van der Waals surface area contributed by atoms with Gasteiger partial charge >= 0.3 is 0 Å². The summed E-state index contributed by atoms with van der Waals surface area (Å²) in [5.74, 6) is 4.05. The Kier molecular flexibility index (Phi) is 3.17. The van der Waals surface area contributed by atoms with Crippen molar-refractivity contribution in [1.82, 2.24) is 9.55 Å². The van der Waals surface area contributed by atoms with E-state index in [0.29, 0.717) is 11.6 Å². The highest BCUT2D eigenvalue weighted by molar-refractivity contribution is 5.81. The maximum Gasteiger partial charge on any atom is 0.189 e. The normalized spacial score (nSPS) is 10.5. The Morgan fingerprint density at radius 1 is 0.957 bits per heavy atom. The smallest absolute Gasteiger partial charge is 0.189 e. The predicted molar refractivity (Wildman–Crippen MR) is 86.1 cm³/mol. The summed E-state index contributed by atoms with van der Waals surface area (Å²) >= 11 is 0. The van der Waals surface area contributed by atoms with Gasteiger partial charge in [-0.05, 0) is 54.5 Å². The Hall–Kier alpha value is -3.32. The lowest BCUT2D eigenvalue weighted by Crippen LogP contribution is -1.92. The first-order valence-corrected chi connectivity index (χ1v) is 7.10. The van der Waals surface area contributed by atoms with E-state index in [4.69, 9.17) is 4.42 Å². The Labute approximate surface area is 132 Å². The van der Waals surface area contributed by atoms with Crippen molar-refractivity contribution in [1.29, 1.82) is 0 Å². The van der Waals surface area contributed by atoms with Crippen LogP contribution in [0.5, 0.6) is 0 Å². The van der Waals surface area contributed by atoms with Crippen LogP contribution in [-0.2, 0) is 0 Å². The van der Waals surface area contributed by atoms with E-state index in [0.717, 1.165) is 16.6 Å². The zero-order valence-corrected chi connectivity index (χ0v) is 12.0. The third-order valence-electron chi connectivity index (χ3n) is 3.46. The molecule has 4 aromatic rings. The van der Waals surface area contributed by atoms with Crippen LogP contribution in [0.3, 0.4) is 0 Å². The average Bonchev–Trinajstić information content (AvgIpc) is 3.22. The van der Waals surface area contributed by atoms with Gasteiger partial charge in [0.05, 0.1) is 17.3 Å². The van der Waals surface area contributed by atoms with E-state index in [1.54, 1.807) is 23.0 Å². The molecule has 3 nitrogen and oxygen atoms in total. The standard InChI is InChI=1S/C19H11FN2O/c20-15-9-7-14(8-10-15)11-12-22-17-5-2-1-4-16(17)21-19(22)18-6-3-13-23-18/h1-10,13H. The highest BCUT2D eigenvalue weighted by Crippen LogP contribution is 2.24. The summed E-state index contributed by atoms with van der Waals surface area (Å²) in [4.78, 5) is 4.59. The minimum absolute atomic E-state index is 0.278. The van der Waals surface area contributed by atoms with Gasteiger partial charge in [-0.2, -0.15) is 0 Å². The van der Waals surface area contributed by atoms with Gasteiger partial charge in [0.1, 0.15) is 5.82 Å². The minimum Gasteiger partial charge on any atom is -0.461 e. The Balaban J connectivity index is 1.88. The molecule has 0 aliphatic heterocycles. The van der Waals surface area contributed by atoms with Crippen LogP contribution in [0.2, 0.25) is 0 Å². The first-order valence-electron chi connectivity index (χ1n) is 7.10. The van der Waals surface area contributed by atoms with Crippen LogP contribution >= 0.6 is 0 Å². The molecular formula is C19H11FN2O. The maximum atomic E-state index is 13.0. The van der Waals surface area contributed by atoms with Crippen LogP contribution < -0.4 is 0 Å². The third-order valence-corrected chi connectivity index (χ3v) is 3.46. The summed E-state index contributed by atoms with van der Waals surface area (Å²) in [5, 5.41) is 0. The summed E-state index contributed by atoms with van der Waals surface area (Å²) in [7, 11) is 0. The molecule has 0 atom stereocenters. The number of imidazole rings is 1. The molecule has 2 aromatic carbocycles. The largest absolute Gasteiger partial charge is 0.461 e. The number of rotatable bonds is 1. The second-order valence-corrected chi connectivity index (χ2v) is 4.98. The fourth-order valence-corrected chi connectivity index (χ4v) is 2.36. The van der Waals surface area contributed by atoms with Crippen molar-refractivity contribution in [3.63, 3.8) is 0 Å². The molecule has 0 fully saturated rings. The number of nitrogens with zero attached hydrogens (tertiary/aromatic N) is 2. The number of halogens is 1. The molecule has 2 aromatic heterocycles. The van der Waals surface area contributed by atoms with E-state index in [9.17, 15) is 4.39 Å². The molecule has 0 aliphatic rings. The third kappa shape index (κ3) is 2.49. The molecule has 0 N–H and O–H groups in total. The highest BCUT2D eigenvalue weighted by Gasteiger charge is 2.12. The number of para-hydroxylation sites is 2. The fraction of sp³-hybridized carbons (Fsp3) is 0. The molecule has 2 heterocycles.